The van der Waals surface area contributed by atoms with Crippen molar-refractivity contribution >= 4 is 0 Å². The number of fused-ring (bicyclic) bond motifs is 1. The lowest BCUT2D eigenvalue weighted by Crippen LogP contribution is -2.58. The smallest absolute Gasteiger partial charge is 0.0223 e. The normalized spacial score (nSPS) is 39.0. The molecule has 2 heterocycles. The van der Waals surface area contributed by atoms with Crippen LogP contribution in [0.25, 0.3) is 0 Å². The zero-order valence-corrected chi connectivity index (χ0v) is 9.99. The molecule has 3 fully saturated rings. The lowest BCUT2D eigenvalue weighted by Gasteiger charge is -2.47. The van der Waals surface area contributed by atoms with Gasteiger partial charge in [-0.15, -0.1) is 0 Å². The Morgan fingerprint density at radius 3 is 2.73 bits per heavy atom. The maximum Gasteiger partial charge on any atom is 0.0223 e. The summed E-state index contributed by atoms with van der Waals surface area (Å²) in [5.41, 5.74) is 0. The van der Waals surface area contributed by atoms with E-state index in [1.165, 1.54) is 58.3 Å². The molecule has 0 spiro atoms. The summed E-state index contributed by atoms with van der Waals surface area (Å²) in [6.07, 6.45) is 7.35. The number of hydrogen-bond donors (Lipinski definition) is 0. The van der Waals surface area contributed by atoms with Crippen LogP contribution in [-0.4, -0.2) is 48.1 Å². The predicted molar refractivity (Wildman–Crippen MR) is 63.0 cm³/mol. The van der Waals surface area contributed by atoms with E-state index in [9.17, 15) is 0 Å². The quantitative estimate of drug-likeness (QED) is 0.684. The second-order valence-corrected chi connectivity index (χ2v) is 5.89. The summed E-state index contributed by atoms with van der Waals surface area (Å²) in [6, 6.07) is 1.70. The van der Waals surface area contributed by atoms with E-state index in [1.54, 1.807) is 0 Å². The van der Waals surface area contributed by atoms with Gasteiger partial charge < -0.3 is 0 Å². The van der Waals surface area contributed by atoms with Crippen LogP contribution in [0.2, 0.25) is 0 Å². The average molecular weight is 208 g/mol. The Morgan fingerprint density at radius 2 is 1.93 bits per heavy atom. The van der Waals surface area contributed by atoms with Gasteiger partial charge in [-0.25, -0.2) is 0 Å². The van der Waals surface area contributed by atoms with E-state index < -0.39 is 0 Å². The average Bonchev–Trinajstić information content (AvgIpc) is 3.03. The third kappa shape index (κ3) is 2.21. The van der Waals surface area contributed by atoms with Gasteiger partial charge in [0.15, 0.2) is 0 Å². The number of piperidine rings is 1. The van der Waals surface area contributed by atoms with Gasteiger partial charge in [0.25, 0.3) is 0 Å². The third-order valence-corrected chi connectivity index (χ3v) is 4.51. The molecule has 0 amide bonds. The number of piperazine rings is 1. The van der Waals surface area contributed by atoms with Crippen molar-refractivity contribution in [1.82, 2.24) is 9.80 Å². The van der Waals surface area contributed by atoms with Crippen molar-refractivity contribution in [2.75, 3.05) is 26.2 Å². The van der Waals surface area contributed by atoms with Crippen LogP contribution in [0, 0.1) is 5.92 Å². The lowest BCUT2D eigenvalue weighted by atomic mass is 9.97. The number of hydrogen-bond acceptors (Lipinski definition) is 2. The molecule has 2 atom stereocenters. The van der Waals surface area contributed by atoms with E-state index in [2.05, 4.69) is 16.7 Å². The van der Waals surface area contributed by atoms with Gasteiger partial charge in [-0.1, -0.05) is 6.42 Å². The van der Waals surface area contributed by atoms with Gasteiger partial charge in [0, 0.05) is 31.7 Å². The highest BCUT2D eigenvalue weighted by Gasteiger charge is 2.35. The Balaban J connectivity index is 1.60. The third-order valence-electron chi connectivity index (χ3n) is 4.51. The second kappa shape index (κ2) is 4.06. The van der Waals surface area contributed by atoms with Gasteiger partial charge in [0.2, 0.25) is 0 Å². The largest absolute Gasteiger partial charge is 0.298 e. The van der Waals surface area contributed by atoms with Crippen molar-refractivity contribution < 1.29 is 0 Å². The zero-order valence-electron chi connectivity index (χ0n) is 9.99. The Kier molecular flexibility index (Phi) is 2.73. The first-order valence-corrected chi connectivity index (χ1v) is 6.81. The van der Waals surface area contributed by atoms with Crippen molar-refractivity contribution in [2.24, 2.45) is 5.92 Å². The molecule has 2 unspecified atom stereocenters. The molecule has 0 bridgehead atoms. The molecule has 1 aliphatic carbocycles. The van der Waals surface area contributed by atoms with E-state index in [1.807, 2.05) is 0 Å². The molecule has 86 valence electrons. The highest BCUT2D eigenvalue weighted by Crippen LogP contribution is 2.32. The summed E-state index contributed by atoms with van der Waals surface area (Å²) in [5, 5.41) is 0. The fourth-order valence-corrected chi connectivity index (χ4v) is 3.30. The number of rotatable bonds is 2. The first-order valence-electron chi connectivity index (χ1n) is 6.81. The van der Waals surface area contributed by atoms with Gasteiger partial charge in [-0.05, 0) is 45.1 Å². The second-order valence-electron chi connectivity index (χ2n) is 5.89. The SMILES string of the molecule is CC1CN2CCCCC2CN1CC1CC1. The fraction of sp³-hybridized carbons (Fsp3) is 1.00. The van der Waals surface area contributed by atoms with E-state index in [-0.39, 0.29) is 0 Å². The lowest BCUT2D eigenvalue weighted by molar-refractivity contribution is 0.0131. The minimum absolute atomic E-state index is 0.806. The monoisotopic (exact) mass is 208 g/mol. The van der Waals surface area contributed by atoms with Gasteiger partial charge >= 0.3 is 0 Å². The van der Waals surface area contributed by atoms with Crippen LogP contribution in [0.5, 0.6) is 0 Å². The molecular formula is C13H24N2. The number of nitrogens with zero attached hydrogens (tertiary/aromatic N) is 2. The van der Waals surface area contributed by atoms with Crippen LogP contribution in [0.1, 0.15) is 39.0 Å². The van der Waals surface area contributed by atoms with E-state index in [0.717, 1.165) is 18.0 Å². The van der Waals surface area contributed by atoms with Crippen LogP contribution >= 0.6 is 0 Å². The van der Waals surface area contributed by atoms with Crippen LogP contribution in [0.15, 0.2) is 0 Å². The van der Waals surface area contributed by atoms with E-state index in [4.69, 9.17) is 0 Å². The van der Waals surface area contributed by atoms with Crippen molar-refractivity contribution in [1.29, 1.82) is 0 Å². The minimum atomic E-state index is 0.806. The van der Waals surface area contributed by atoms with Crippen molar-refractivity contribution in [3.63, 3.8) is 0 Å². The first kappa shape index (κ1) is 10.1. The fourth-order valence-electron chi connectivity index (χ4n) is 3.30. The van der Waals surface area contributed by atoms with Crippen molar-refractivity contribution in [3.05, 3.63) is 0 Å². The summed E-state index contributed by atoms with van der Waals surface area (Å²) in [7, 11) is 0. The standard InChI is InChI=1S/C13H24N2/c1-11-8-14-7-3-2-4-13(14)10-15(11)9-12-5-6-12/h11-13H,2-10H2,1H3. The molecule has 3 rings (SSSR count). The molecule has 0 aromatic rings. The summed E-state index contributed by atoms with van der Waals surface area (Å²) >= 11 is 0. The molecular weight excluding hydrogens is 184 g/mol. The zero-order chi connectivity index (χ0) is 10.3. The maximum atomic E-state index is 2.77. The topological polar surface area (TPSA) is 6.48 Å². The molecule has 0 aromatic heterocycles. The van der Waals surface area contributed by atoms with Crippen LogP contribution < -0.4 is 0 Å². The minimum Gasteiger partial charge on any atom is -0.298 e. The van der Waals surface area contributed by atoms with Crippen molar-refractivity contribution in [2.45, 2.75) is 51.1 Å². The predicted octanol–water partition coefficient (Wildman–Crippen LogP) is 1.96. The summed E-state index contributed by atoms with van der Waals surface area (Å²) < 4.78 is 0. The highest BCUT2D eigenvalue weighted by atomic mass is 15.3. The van der Waals surface area contributed by atoms with Crippen LogP contribution in [0.3, 0.4) is 0 Å². The van der Waals surface area contributed by atoms with Gasteiger partial charge in [0.1, 0.15) is 0 Å². The molecule has 0 aromatic carbocycles. The molecule has 2 aliphatic heterocycles. The van der Waals surface area contributed by atoms with Crippen LogP contribution in [-0.2, 0) is 0 Å². The van der Waals surface area contributed by atoms with Gasteiger partial charge in [-0.2, -0.15) is 0 Å². The van der Waals surface area contributed by atoms with Gasteiger partial charge in [0.05, 0.1) is 0 Å². The molecule has 0 N–H and O–H groups in total. The summed E-state index contributed by atoms with van der Waals surface area (Å²) in [6.45, 7) is 7.88. The van der Waals surface area contributed by atoms with E-state index >= 15 is 0 Å². The Morgan fingerprint density at radius 1 is 1.07 bits per heavy atom. The van der Waals surface area contributed by atoms with Crippen LogP contribution in [0.4, 0.5) is 0 Å². The molecule has 2 nitrogen and oxygen atoms in total. The molecule has 15 heavy (non-hydrogen) atoms. The summed E-state index contributed by atoms with van der Waals surface area (Å²) in [5.74, 6) is 1.06. The molecule has 3 aliphatic rings. The van der Waals surface area contributed by atoms with E-state index in [0.29, 0.717) is 0 Å². The molecule has 2 saturated heterocycles. The highest BCUT2D eigenvalue weighted by molar-refractivity contribution is 4.91. The first-order chi connectivity index (χ1) is 7.33. The molecule has 2 heteroatoms. The summed E-state index contributed by atoms with van der Waals surface area (Å²) in [4.78, 5) is 5.52. The van der Waals surface area contributed by atoms with Gasteiger partial charge in [-0.3, -0.25) is 9.80 Å². The maximum absolute atomic E-state index is 2.77. The Bertz CT molecular complexity index is 225. The van der Waals surface area contributed by atoms with Crippen molar-refractivity contribution in [3.8, 4) is 0 Å². The molecule has 0 radical (unpaired) electrons. The Hall–Kier alpha value is -0.0800. The molecule has 1 saturated carbocycles. The Labute approximate surface area is 93.6 Å².